The smallest absolute Gasteiger partial charge is 0.341 e. The zero-order chi connectivity index (χ0) is 35.7. The molecule has 7 aromatic rings. The first-order valence-corrected chi connectivity index (χ1v) is 17.4. The lowest BCUT2D eigenvalue weighted by atomic mass is 10.0. The molecular weight excluding hydrogens is 657 g/mol. The first kappa shape index (κ1) is 31.7. The molecule has 2 aliphatic heterocycles. The average Bonchev–Trinajstić information content (AvgIpc) is 4.04. The highest BCUT2D eigenvalue weighted by Gasteiger charge is 2.20. The van der Waals surface area contributed by atoms with E-state index in [1.807, 2.05) is 91.0 Å². The van der Waals surface area contributed by atoms with Crippen LogP contribution in [-0.4, -0.2) is 37.6 Å². The molecule has 2 aliphatic rings. The van der Waals surface area contributed by atoms with Gasteiger partial charge in [-0.15, -0.1) is 0 Å². The second kappa shape index (κ2) is 13.5. The topological polar surface area (TPSA) is 104 Å². The van der Waals surface area contributed by atoms with E-state index in [9.17, 15) is 9.90 Å². The number of aliphatic carboxylic acids is 1. The number of hydrogen-bond donors (Lipinski definition) is 3. The van der Waals surface area contributed by atoms with Crippen LogP contribution in [-0.2, 0) is 4.79 Å². The normalized spacial score (nSPS) is 11.8. The van der Waals surface area contributed by atoms with Gasteiger partial charge in [-0.3, -0.25) is 0 Å². The fraction of sp³-hybridized carbons (Fsp3) is 0.0217. The van der Waals surface area contributed by atoms with E-state index in [0.717, 1.165) is 78.1 Å². The van der Waals surface area contributed by atoms with Gasteiger partial charge in [0.05, 0.1) is 22.8 Å². The molecule has 0 spiro atoms. The molecule has 3 aromatic heterocycles. The monoisotopic (exact) mass is 688 g/mol. The van der Waals surface area contributed by atoms with E-state index in [-0.39, 0.29) is 0 Å². The highest BCUT2D eigenvalue weighted by Crippen LogP contribution is 2.40. The van der Waals surface area contributed by atoms with E-state index in [1.165, 1.54) is 0 Å². The van der Waals surface area contributed by atoms with Gasteiger partial charge < -0.3 is 19.8 Å². The van der Waals surface area contributed by atoms with Crippen molar-refractivity contribution in [1.29, 1.82) is 0 Å². The quantitative estimate of drug-likeness (QED) is 0.155. The molecule has 0 unspecified atom stereocenters. The zero-order valence-electron chi connectivity index (χ0n) is 28.5. The molecule has 254 valence electrons. The van der Waals surface area contributed by atoms with Crippen LogP contribution in [0.5, 0.6) is 5.75 Å². The second-order valence-corrected chi connectivity index (χ2v) is 12.8. The maximum Gasteiger partial charge on any atom is 0.341 e. The van der Waals surface area contributed by atoms with Gasteiger partial charge in [-0.05, 0) is 71.3 Å². The number of H-pyrrole nitrogens is 2. The Bertz CT molecular complexity index is 2710. The van der Waals surface area contributed by atoms with E-state index in [1.54, 1.807) is 6.07 Å². The van der Waals surface area contributed by atoms with Gasteiger partial charge in [-0.1, -0.05) is 109 Å². The summed E-state index contributed by atoms with van der Waals surface area (Å²) in [5, 5.41) is 9.50. The number of carbonyl (C=O) groups is 1. The van der Waals surface area contributed by atoms with Gasteiger partial charge in [0.15, 0.2) is 6.61 Å². The van der Waals surface area contributed by atoms with Crippen LogP contribution in [0, 0.1) is 0 Å². The van der Waals surface area contributed by atoms with Crippen LogP contribution in [0.3, 0.4) is 0 Å². The largest absolute Gasteiger partial charge is 0.481 e. The van der Waals surface area contributed by atoms with Crippen LogP contribution in [0.15, 0.2) is 140 Å². The maximum atomic E-state index is 11.6. The minimum absolute atomic E-state index is 0.444. The van der Waals surface area contributed by atoms with Gasteiger partial charge in [0.25, 0.3) is 0 Å². The van der Waals surface area contributed by atoms with Crippen LogP contribution >= 0.6 is 0 Å². The molecule has 3 N–H and O–H groups in total. The van der Waals surface area contributed by atoms with Crippen LogP contribution in [0.1, 0.15) is 22.8 Å². The van der Waals surface area contributed by atoms with Crippen LogP contribution in [0.4, 0.5) is 0 Å². The summed E-state index contributed by atoms with van der Waals surface area (Å²) in [4.78, 5) is 29.7. The first-order chi connectivity index (χ1) is 26.1. The number of carboxylic acid groups (broad SMARTS) is 1. The van der Waals surface area contributed by atoms with E-state index in [0.29, 0.717) is 17.0 Å². The highest BCUT2D eigenvalue weighted by atomic mass is 16.5. The highest BCUT2D eigenvalue weighted by molar-refractivity contribution is 6.00. The van der Waals surface area contributed by atoms with Crippen molar-refractivity contribution in [3.63, 3.8) is 0 Å². The van der Waals surface area contributed by atoms with Crippen LogP contribution < -0.4 is 4.74 Å². The third kappa shape index (κ3) is 6.00. The predicted molar refractivity (Wildman–Crippen MR) is 214 cm³/mol. The minimum Gasteiger partial charge on any atom is -0.481 e. The molecule has 0 fully saturated rings. The standard InChI is InChI=1S/C46H32N4O3/c51-42(52)28-53-41-19-11-10-18-32(41)46-39-26-24-37(49-39)44(30-14-6-2-7-15-30)35-22-20-33(47-35)43(29-12-4-1-5-13-29)34-21-23-36(48-34)45(31-16-8-3-9-17-31)38-25-27-40(46)50-38/h1-27,47,50H,28H2,(H,51,52). The molecule has 0 aliphatic carbocycles. The fourth-order valence-electron chi connectivity index (χ4n) is 7.15. The number of nitrogens with zero attached hydrogens (tertiary/aromatic N) is 2. The molecule has 0 saturated heterocycles. The summed E-state index contributed by atoms with van der Waals surface area (Å²) >= 11 is 0. The first-order valence-electron chi connectivity index (χ1n) is 17.4. The number of benzene rings is 4. The molecule has 8 bridgehead atoms. The number of carboxylic acids is 1. The number of nitrogens with one attached hydrogen (secondary N) is 2. The Morgan fingerprint density at radius 1 is 0.472 bits per heavy atom. The lowest BCUT2D eigenvalue weighted by Gasteiger charge is -2.11. The van der Waals surface area contributed by atoms with Crippen LogP contribution in [0.2, 0.25) is 0 Å². The van der Waals surface area contributed by atoms with Crippen molar-refractivity contribution >= 4 is 52.3 Å². The number of fused-ring (bicyclic) bond motifs is 8. The van der Waals surface area contributed by atoms with E-state index < -0.39 is 12.6 Å². The summed E-state index contributed by atoms with van der Waals surface area (Å²) in [6, 6.07) is 46.6. The van der Waals surface area contributed by atoms with Gasteiger partial charge in [-0.2, -0.15) is 0 Å². The predicted octanol–water partition coefficient (Wildman–Crippen LogP) is 10.8. The fourth-order valence-corrected chi connectivity index (χ4v) is 7.15. The summed E-state index contributed by atoms with van der Waals surface area (Å²) in [6.07, 6.45) is 8.21. The van der Waals surface area contributed by atoms with Gasteiger partial charge >= 0.3 is 5.97 Å². The Balaban J connectivity index is 1.46. The summed E-state index contributed by atoms with van der Waals surface area (Å²) in [7, 11) is 0. The van der Waals surface area contributed by atoms with Gasteiger partial charge in [0.1, 0.15) is 5.75 Å². The van der Waals surface area contributed by atoms with Crippen molar-refractivity contribution < 1.29 is 14.6 Å². The van der Waals surface area contributed by atoms with Crippen molar-refractivity contribution in [1.82, 2.24) is 19.9 Å². The average molecular weight is 689 g/mol. The Morgan fingerprint density at radius 3 is 1.25 bits per heavy atom. The molecule has 0 saturated carbocycles. The molecule has 7 nitrogen and oxygen atoms in total. The third-order valence-electron chi connectivity index (χ3n) is 9.45. The number of para-hydroxylation sites is 1. The summed E-state index contributed by atoms with van der Waals surface area (Å²) in [5.74, 6) is -0.609. The molecule has 4 aromatic carbocycles. The second-order valence-electron chi connectivity index (χ2n) is 12.8. The van der Waals surface area contributed by atoms with E-state index >= 15 is 0 Å². The van der Waals surface area contributed by atoms with Gasteiger partial charge in [-0.25, -0.2) is 14.8 Å². The molecule has 0 radical (unpaired) electrons. The molecule has 9 rings (SSSR count). The molecular formula is C46H32N4O3. The SMILES string of the molecule is O=C(O)COc1ccccc1-c1c2nc(c(-c3ccccc3)c3ccc([nH]3)c(-c3ccccc3)c3nc(c(-c4ccccc4)c4ccc1[nH]4)C=C3)C=C2. The summed E-state index contributed by atoms with van der Waals surface area (Å²) in [6.45, 7) is -0.472. The summed E-state index contributed by atoms with van der Waals surface area (Å²) < 4.78 is 5.86. The number of hydrogen-bond acceptors (Lipinski definition) is 4. The molecule has 7 heteroatoms. The number of aromatic nitrogens is 4. The Morgan fingerprint density at radius 2 is 0.830 bits per heavy atom. The Kier molecular flexibility index (Phi) is 8.06. The maximum absolute atomic E-state index is 11.6. The number of rotatable bonds is 7. The Hall–Kier alpha value is -7.25. The molecule has 53 heavy (non-hydrogen) atoms. The Labute approximate surface area is 305 Å². The molecule has 0 atom stereocenters. The van der Waals surface area contributed by atoms with Crippen molar-refractivity contribution in [3.05, 3.63) is 162 Å². The van der Waals surface area contributed by atoms with Crippen molar-refractivity contribution in [3.8, 4) is 50.3 Å². The van der Waals surface area contributed by atoms with E-state index in [4.69, 9.17) is 14.7 Å². The lowest BCUT2D eigenvalue weighted by molar-refractivity contribution is -0.139. The van der Waals surface area contributed by atoms with Crippen molar-refractivity contribution in [2.45, 2.75) is 0 Å². The summed E-state index contributed by atoms with van der Waals surface area (Å²) in [5.41, 5.74) is 14.1. The third-order valence-corrected chi connectivity index (χ3v) is 9.45. The molecule has 5 heterocycles. The van der Waals surface area contributed by atoms with E-state index in [2.05, 4.69) is 76.7 Å². The van der Waals surface area contributed by atoms with Gasteiger partial charge in [0, 0.05) is 49.9 Å². The zero-order valence-corrected chi connectivity index (χ0v) is 28.5. The van der Waals surface area contributed by atoms with Crippen molar-refractivity contribution in [2.75, 3.05) is 6.61 Å². The van der Waals surface area contributed by atoms with Crippen LogP contribution in [0.25, 0.3) is 90.9 Å². The number of ether oxygens (including phenoxy) is 1. The lowest BCUT2D eigenvalue weighted by Crippen LogP contribution is -2.10. The minimum atomic E-state index is -1.05. The molecule has 0 amide bonds. The van der Waals surface area contributed by atoms with Gasteiger partial charge in [0.2, 0.25) is 0 Å². The number of aromatic amines is 2. The van der Waals surface area contributed by atoms with Crippen molar-refractivity contribution in [2.24, 2.45) is 0 Å².